The third-order valence-corrected chi connectivity index (χ3v) is 0.907. The van der Waals surface area contributed by atoms with Gasteiger partial charge in [0.25, 0.3) is 0 Å². The Morgan fingerprint density at radius 1 is 2.00 bits per heavy atom. The molecule has 0 aliphatic heterocycles. The van der Waals surface area contributed by atoms with Gasteiger partial charge >= 0.3 is 5.97 Å². The molecular formula is C3H7NO2S. The van der Waals surface area contributed by atoms with Gasteiger partial charge in [-0.05, 0) is 0 Å². The van der Waals surface area contributed by atoms with Crippen molar-refractivity contribution in [3.63, 3.8) is 0 Å². The van der Waals surface area contributed by atoms with Crippen LogP contribution in [0.25, 0.3) is 0 Å². The van der Waals surface area contributed by atoms with Gasteiger partial charge in [-0.1, -0.05) is 0 Å². The number of thiol groups is 1. The summed E-state index contributed by atoms with van der Waals surface area (Å²) in [4.78, 5) is 9.76. The van der Waals surface area contributed by atoms with Crippen LogP contribution >= 0.6 is 12.6 Å². The van der Waals surface area contributed by atoms with Gasteiger partial charge < -0.3 is 10.8 Å². The fourth-order valence-electron chi connectivity index (χ4n) is 0.0781. The van der Waals surface area contributed by atoms with Crippen LogP contribution in [0.5, 0.6) is 0 Å². The molecule has 7 heavy (non-hydrogen) atoms. The maximum absolute atomic E-state index is 9.76. The Morgan fingerprint density at radius 3 is 2.43 bits per heavy atom. The largest absolute Gasteiger partial charge is 0.480 e. The Kier molecular flexibility index (Phi) is 2.78. The third-order valence-electron chi connectivity index (χ3n) is 0.514. The molecular weight excluding hydrogens is 115 g/mol. The maximum Gasteiger partial charge on any atom is 0.321 e. The summed E-state index contributed by atoms with van der Waals surface area (Å²) in [5, 5.41) is 8.01. The second-order valence-electron chi connectivity index (χ2n) is 1.13. The smallest absolute Gasteiger partial charge is 0.321 e. The van der Waals surface area contributed by atoms with Crippen molar-refractivity contribution in [2.45, 2.75) is 6.04 Å². The molecule has 1 unspecified atom stereocenters. The van der Waals surface area contributed by atoms with Crippen LogP contribution in [0.3, 0.4) is 0 Å². The second-order valence-corrected chi connectivity index (χ2v) is 1.49. The molecule has 0 aliphatic rings. The van der Waals surface area contributed by atoms with Gasteiger partial charge in [0.15, 0.2) is 0 Å². The fraction of sp³-hybridized carbons (Fsp3) is 0.667. The lowest BCUT2D eigenvalue weighted by molar-refractivity contribution is -0.137. The molecule has 4 heteroatoms. The summed E-state index contributed by atoms with van der Waals surface area (Å²) in [5.41, 5.74) is 4.94. The van der Waals surface area contributed by atoms with Crippen LogP contribution in [0, 0.1) is 0 Å². The van der Waals surface area contributed by atoms with E-state index in [9.17, 15) is 4.79 Å². The summed E-state index contributed by atoms with van der Waals surface area (Å²) in [6.07, 6.45) is 0. The van der Waals surface area contributed by atoms with Gasteiger partial charge in [-0.15, -0.1) is 0 Å². The van der Waals surface area contributed by atoms with E-state index in [-0.39, 0.29) is 5.75 Å². The molecule has 0 fully saturated rings. The lowest BCUT2D eigenvalue weighted by Crippen LogP contribution is -2.31. The van der Waals surface area contributed by atoms with E-state index in [1.807, 2.05) is 0 Å². The number of nitrogens with two attached hydrogens (primary N) is 1. The van der Waals surface area contributed by atoms with E-state index >= 15 is 0 Å². The van der Waals surface area contributed by atoms with Crippen molar-refractivity contribution in [1.82, 2.24) is 0 Å². The molecule has 1 atom stereocenters. The van der Waals surface area contributed by atoms with Gasteiger partial charge in [0.2, 0.25) is 0 Å². The molecule has 0 bridgehead atoms. The Bertz CT molecular complexity index is 75.3. The molecule has 0 aliphatic carbocycles. The first-order valence-corrected chi connectivity index (χ1v) is 2.41. The predicted molar refractivity (Wildman–Crippen MR) is 29.5 cm³/mol. The van der Waals surface area contributed by atoms with Crippen molar-refractivity contribution in [1.29, 1.82) is 0 Å². The highest BCUT2D eigenvalue weighted by Gasteiger charge is 2.06. The molecule has 0 aromatic carbocycles. The van der Waals surface area contributed by atoms with E-state index in [4.69, 9.17) is 10.8 Å². The van der Waals surface area contributed by atoms with Crippen molar-refractivity contribution in [3.05, 3.63) is 0 Å². The van der Waals surface area contributed by atoms with Gasteiger partial charge in [0.05, 0.1) is 0 Å². The maximum atomic E-state index is 9.76. The van der Waals surface area contributed by atoms with Crippen molar-refractivity contribution in [3.8, 4) is 0 Å². The third kappa shape index (κ3) is 2.47. The van der Waals surface area contributed by atoms with E-state index in [1.54, 1.807) is 0 Å². The Balaban J connectivity index is 3.34. The molecule has 0 spiro atoms. The Morgan fingerprint density at radius 2 is 2.43 bits per heavy atom. The molecule has 0 aromatic rings. The van der Waals surface area contributed by atoms with Crippen molar-refractivity contribution in [2.24, 2.45) is 5.73 Å². The van der Waals surface area contributed by atoms with Gasteiger partial charge in [-0.25, -0.2) is 0 Å². The minimum atomic E-state index is -1.00. The summed E-state index contributed by atoms with van der Waals surface area (Å²) in [5.74, 6) is -0.815. The molecule has 0 amide bonds. The summed E-state index contributed by atoms with van der Waals surface area (Å²) >= 11 is 3.65. The van der Waals surface area contributed by atoms with Crippen LogP contribution in [0.4, 0.5) is 0 Å². The minimum absolute atomic E-state index is 0.190. The number of rotatable bonds is 2. The topological polar surface area (TPSA) is 63.3 Å². The van der Waals surface area contributed by atoms with Crippen molar-refractivity contribution in [2.75, 3.05) is 5.75 Å². The molecule has 0 saturated carbocycles. The van der Waals surface area contributed by atoms with Gasteiger partial charge in [-0.3, -0.25) is 4.79 Å². The van der Waals surface area contributed by atoms with E-state index in [0.29, 0.717) is 0 Å². The highest BCUT2D eigenvalue weighted by molar-refractivity contribution is 7.80. The zero-order valence-electron chi connectivity index (χ0n) is 3.66. The molecule has 0 aromatic heterocycles. The van der Waals surface area contributed by atoms with E-state index < -0.39 is 12.0 Å². The van der Waals surface area contributed by atoms with Crippen LogP contribution in [0.2, 0.25) is 0 Å². The number of carboxylic acid groups (broad SMARTS) is 1. The fourth-order valence-corrected chi connectivity index (χ4v) is 0.234. The monoisotopic (exact) mass is 122 g/mol. The minimum Gasteiger partial charge on any atom is -0.480 e. The first kappa shape index (κ1) is 6.78. The molecule has 3 nitrogen and oxygen atoms in total. The number of carboxylic acids is 1. The van der Waals surface area contributed by atoms with E-state index in [0.717, 1.165) is 0 Å². The lowest BCUT2D eigenvalue weighted by Gasteiger charge is -1.96. The lowest BCUT2D eigenvalue weighted by atomic mass is 10.5. The molecule has 3 N–H and O–H groups in total. The van der Waals surface area contributed by atoms with E-state index in [2.05, 4.69) is 12.6 Å². The number of carbonyl (C=O) groups is 1. The van der Waals surface area contributed by atoms with Crippen LogP contribution in [0.1, 0.15) is 0 Å². The zero-order chi connectivity index (χ0) is 5.86. The van der Waals surface area contributed by atoms with Gasteiger partial charge in [0.1, 0.15) is 6.04 Å². The quantitative estimate of drug-likeness (QED) is 0.336. The Labute approximate surface area is 46.9 Å². The standard InChI is InChI=1S/C3H7NO2S/c4-2(1-7)3(5)6/h2,7H,1,4H2,(H,5,6)/i1+1. The average molecular weight is 122 g/mol. The molecule has 0 saturated heterocycles. The number of hydrogen-bond donors (Lipinski definition) is 3. The van der Waals surface area contributed by atoms with Crippen molar-refractivity contribution >= 4 is 18.6 Å². The summed E-state index contributed by atoms with van der Waals surface area (Å²) in [7, 11) is 0. The van der Waals surface area contributed by atoms with Gasteiger partial charge in [0, 0.05) is 5.75 Å². The molecule has 0 radical (unpaired) electrons. The second kappa shape index (κ2) is 2.87. The Hall–Kier alpha value is -0.220. The first-order valence-electron chi connectivity index (χ1n) is 1.77. The normalized spacial score (nSPS) is 13.4. The predicted octanol–water partition coefficient (Wildman–Crippen LogP) is -0.672. The summed E-state index contributed by atoms with van der Waals surface area (Å²) in [6.45, 7) is 0. The van der Waals surface area contributed by atoms with E-state index in [1.165, 1.54) is 0 Å². The zero-order valence-corrected chi connectivity index (χ0v) is 4.56. The number of aliphatic carboxylic acids is 1. The SMILES string of the molecule is NC([13CH2]S)C(=O)O. The van der Waals surface area contributed by atoms with Crippen LogP contribution in [-0.4, -0.2) is 22.9 Å². The molecule has 0 rings (SSSR count). The van der Waals surface area contributed by atoms with Crippen LogP contribution in [0.15, 0.2) is 0 Å². The first-order chi connectivity index (χ1) is 3.18. The highest BCUT2D eigenvalue weighted by Crippen LogP contribution is 1.80. The van der Waals surface area contributed by atoms with Crippen LogP contribution < -0.4 is 5.73 Å². The highest BCUT2D eigenvalue weighted by atomic mass is 32.1. The van der Waals surface area contributed by atoms with Gasteiger partial charge in [-0.2, -0.15) is 12.6 Å². The number of hydrogen-bond acceptors (Lipinski definition) is 3. The van der Waals surface area contributed by atoms with Crippen LogP contribution in [-0.2, 0) is 4.79 Å². The molecule has 42 valence electrons. The average Bonchev–Trinajstić information content (AvgIpc) is 1.65. The summed E-state index contributed by atoms with van der Waals surface area (Å²) in [6, 6.07) is -0.816. The summed E-state index contributed by atoms with van der Waals surface area (Å²) < 4.78 is 0. The molecule has 0 heterocycles. The van der Waals surface area contributed by atoms with Crippen molar-refractivity contribution < 1.29 is 9.90 Å².